The minimum Gasteiger partial charge on any atom is -0.439 e. The Hall–Kier alpha value is -2.10. The van der Waals surface area contributed by atoms with Crippen molar-refractivity contribution in [1.29, 1.82) is 0 Å². The number of nitrogens with two attached hydrogens (primary N) is 1. The Morgan fingerprint density at radius 2 is 2.00 bits per heavy atom. The number of aryl methyl sites for hydroxylation is 1. The lowest BCUT2D eigenvalue weighted by Crippen LogP contribution is -2.01. The fourth-order valence-electron chi connectivity index (χ4n) is 1.94. The van der Waals surface area contributed by atoms with E-state index >= 15 is 0 Å². The summed E-state index contributed by atoms with van der Waals surface area (Å²) in [6, 6.07) is 9.68. The molecule has 0 radical (unpaired) electrons. The first kappa shape index (κ1) is 14.3. The number of hydrogen-bond acceptors (Lipinski definition) is 4. The van der Waals surface area contributed by atoms with Gasteiger partial charge in [0.1, 0.15) is 17.4 Å². The van der Waals surface area contributed by atoms with E-state index in [9.17, 15) is 0 Å². The average molecular weight is 271 g/mol. The summed E-state index contributed by atoms with van der Waals surface area (Å²) in [6.07, 6.45) is 1.78. The first-order valence-electron chi connectivity index (χ1n) is 6.99. The molecule has 20 heavy (non-hydrogen) atoms. The molecule has 4 nitrogen and oxygen atoms in total. The van der Waals surface area contributed by atoms with E-state index in [4.69, 9.17) is 10.5 Å². The van der Waals surface area contributed by atoms with Gasteiger partial charge in [0.15, 0.2) is 0 Å². The summed E-state index contributed by atoms with van der Waals surface area (Å²) < 4.78 is 5.81. The van der Waals surface area contributed by atoms with Crippen LogP contribution in [-0.4, -0.2) is 9.97 Å². The molecule has 0 saturated heterocycles. The van der Waals surface area contributed by atoms with Crippen molar-refractivity contribution in [2.75, 3.05) is 5.73 Å². The summed E-state index contributed by atoms with van der Waals surface area (Å²) in [4.78, 5) is 8.58. The van der Waals surface area contributed by atoms with Gasteiger partial charge < -0.3 is 10.5 Å². The fraction of sp³-hybridized carbons (Fsp3) is 0.375. The van der Waals surface area contributed by atoms with Crippen molar-refractivity contribution < 1.29 is 4.74 Å². The van der Waals surface area contributed by atoms with E-state index in [0.29, 0.717) is 17.6 Å². The Bertz CT molecular complexity index is 582. The van der Waals surface area contributed by atoms with Crippen LogP contribution in [0.3, 0.4) is 0 Å². The highest BCUT2D eigenvalue weighted by Crippen LogP contribution is 2.25. The normalized spacial score (nSPS) is 10.8. The molecule has 0 spiro atoms. The van der Waals surface area contributed by atoms with E-state index in [1.807, 2.05) is 18.2 Å². The quantitative estimate of drug-likeness (QED) is 0.895. The molecule has 0 saturated carbocycles. The van der Waals surface area contributed by atoms with Crippen LogP contribution < -0.4 is 10.5 Å². The van der Waals surface area contributed by atoms with Crippen LogP contribution in [0, 0.1) is 0 Å². The van der Waals surface area contributed by atoms with Crippen LogP contribution in [0.1, 0.15) is 44.5 Å². The number of hydrogen-bond donors (Lipinski definition) is 1. The number of benzene rings is 1. The minimum atomic E-state index is 0.443. The molecule has 0 aliphatic carbocycles. The molecule has 0 fully saturated rings. The van der Waals surface area contributed by atoms with Crippen molar-refractivity contribution in [3.8, 4) is 11.6 Å². The number of nitrogen functional groups attached to an aromatic ring is 1. The summed E-state index contributed by atoms with van der Waals surface area (Å²) in [7, 11) is 0. The molecular weight excluding hydrogens is 250 g/mol. The third kappa shape index (κ3) is 3.70. The van der Waals surface area contributed by atoms with E-state index < -0.39 is 0 Å². The van der Waals surface area contributed by atoms with Gasteiger partial charge in [-0.1, -0.05) is 32.9 Å². The maximum Gasteiger partial charge on any atom is 0.224 e. The smallest absolute Gasteiger partial charge is 0.224 e. The van der Waals surface area contributed by atoms with Crippen LogP contribution in [0.2, 0.25) is 0 Å². The topological polar surface area (TPSA) is 61.0 Å². The predicted octanol–water partition coefficient (Wildman–Crippen LogP) is 3.93. The predicted molar refractivity (Wildman–Crippen MR) is 81.0 cm³/mol. The molecule has 0 atom stereocenters. The van der Waals surface area contributed by atoms with Crippen molar-refractivity contribution in [2.24, 2.45) is 0 Å². The molecule has 2 rings (SSSR count). The van der Waals surface area contributed by atoms with Crippen LogP contribution in [0.25, 0.3) is 0 Å². The molecular formula is C16H21N3O. The molecule has 4 heteroatoms. The third-order valence-corrected chi connectivity index (χ3v) is 2.99. The minimum absolute atomic E-state index is 0.443. The second-order valence-corrected chi connectivity index (χ2v) is 5.13. The molecule has 2 N–H and O–H groups in total. The van der Waals surface area contributed by atoms with Crippen LogP contribution in [0.15, 0.2) is 30.3 Å². The van der Waals surface area contributed by atoms with Gasteiger partial charge in [-0.15, -0.1) is 0 Å². The number of rotatable bonds is 5. The number of ether oxygens (including phenoxy) is 1. The van der Waals surface area contributed by atoms with Crippen LogP contribution in [-0.2, 0) is 6.42 Å². The largest absolute Gasteiger partial charge is 0.439 e. The zero-order valence-electron chi connectivity index (χ0n) is 12.3. The summed E-state index contributed by atoms with van der Waals surface area (Å²) in [6.45, 7) is 6.39. The molecule has 0 amide bonds. The van der Waals surface area contributed by atoms with Crippen molar-refractivity contribution >= 4 is 5.82 Å². The van der Waals surface area contributed by atoms with E-state index in [1.54, 1.807) is 6.07 Å². The number of aromatic nitrogens is 2. The van der Waals surface area contributed by atoms with E-state index in [-0.39, 0.29) is 0 Å². The summed E-state index contributed by atoms with van der Waals surface area (Å²) >= 11 is 0. The lowest BCUT2D eigenvalue weighted by Gasteiger charge is -2.10. The lowest BCUT2D eigenvalue weighted by molar-refractivity contribution is 0.458. The van der Waals surface area contributed by atoms with Gasteiger partial charge in [-0.3, -0.25) is 0 Å². The summed E-state index contributed by atoms with van der Waals surface area (Å²) in [5.74, 6) is 2.91. The van der Waals surface area contributed by atoms with E-state index in [0.717, 1.165) is 24.4 Å². The van der Waals surface area contributed by atoms with Crippen LogP contribution >= 0.6 is 0 Å². The zero-order valence-corrected chi connectivity index (χ0v) is 12.3. The molecule has 0 unspecified atom stereocenters. The lowest BCUT2D eigenvalue weighted by atomic mass is 10.0. The second kappa shape index (κ2) is 6.37. The zero-order chi connectivity index (χ0) is 14.5. The molecule has 106 valence electrons. The monoisotopic (exact) mass is 271 g/mol. The fourth-order valence-corrected chi connectivity index (χ4v) is 1.94. The standard InChI is InChI=1S/C16H21N3O/c1-4-6-15-18-14(17)10-16(19-15)20-13-8-5-7-12(9-13)11(2)3/h5,7-11H,4,6H2,1-3H3,(H2,17,18,19). The van der Waals surface area contributed by atoms with Gasteiger partial charge in [0.05, 0.1) is 0 Å². The Morgan fingerprint density at radius 3 is 2.70 bits per heavy atom. The highest BCUT2D eigenvalue weighted by atomic mass is 16.5. The van der Waals surface area contributed by atoms with Crippen molar-refractivity contribution in [3.63, 3.8) is 0 Å². The summed E-state index contributed by atoms with van der Waals surface area (Å²) in [5.41, 5.74) is 7.02. The Labute approximate surface area is 120 Å². The maximum atomic E-state index is 5.81. The first-order valence-corrected chi connectivity index (χ1v) is 6.99. The highest BCUT2D eigenvalue weighted by Gasteiger charge is 2.06. The van der Waals surface area contributed by atoms with Crippen molar-refractivity contribution in [2.45, 2.75) is 39.5 Å². The SMILES string of the molecule is CCCc1nc(N)cc(Oc2cccc(C(C)C)c2)n1. The van der Waals surface area contributed by atoms with Crippen molar-refractivity contribution in [1.82, 2.24) is 9.97 Å². The van der Waals surface area contributed by atoms with Gasteiger partial charge in [0.2, 0.25) is 5.88 Å². The van der Waals surface area contributed by atoms with Gasteiger partial charge in [0.25, 0.3) is 0 Å². The van der Waals surface area contributed by atoms with Gasteiger partial charge in [0, 0.05) is 12.5 Å². The van der Waals surface area contributed by atoms with Crippen LogP contribution in [0.4, 0.5) is 5.82 Å². The molecule has 1 heterocycles. The molecule has 1 aromatic carbocycles. The molecule has 0 aliphatic heterocycles. The van der Waals surface area contributed by atoms with E-state index in [1.165, 1.54) is 5.56 Å². The second-order valence-electron chi connectivity index (χ2n) is 5.13. The first-order chi connectivity index (χ1) is 9.58. The maximum absolute atomic E-state index is 5.81. The number of anilines is 1. The Balaban J connectivity index is 2.23. The Kier molecular flexibility index (Phi) is 4.56. The molecule has 0 aliphatic rings. The van der Waals surface area contributed by atoms with Gasteiger partial charge in [-0.05, 0) is 30.0 Å². The van der Waals surface area contributed by atoms with Gasteiger partial charge in [-0.2, -0.15) is 4.98 Å². The van der Waals surface area contributed by atoms with E-state index in [2.05, 4.69) is 36.8 Å². The van der Waals surface area contributed by atoms with Gasteiger partial charge in [-0.25, -0.2) is 4.98 Å². The molecule has 2 aromatic rings. The van der Waals surface area contributed by atoms with Gasteiger partial charge >= 0.3 is 0 Å². The highest BCUT2D eigenvalue weighted by molar-refractivity contribution is 5.37. The van der Waals surface area contributed by atoms with Crippen molar-refractivity contribution in [3.05, 3.63) is 41.7 Å². The molecule has 0 bridgehead atoms. The summed E-state index contributed by atoms with van der Waals surface area (Å²) in [5, 5.41) is 0. The van der Waals surface area contributed by atoms with Crippen LogP contribution in [0.5, 0.6) is 11.6 Å². The third-order valence-electron chi connectivity index (χ3n) is 2.99. The molecule has 1 aromatic heterocycles. The Morgan fingerprint density at radius 1 is 1.20 bits per heavy atom. The number of nitrogens with zero attached hydrogens (tertiary/aromatic N) is 2. The average Bonchev–Trinajstić information content (AvgIpc) is 2.38.